The number of hydrogen-bond acceptors (Lipinski definition) is 5. The van der Waals surface area contributed by atoms with Gasteiger partial charge in [0, 0.05) is 31.1 Å². The lowest BCUT2D eigenvalue weighted by Gasteiger charge is -2.09. The predicted octanol–water partition coefficient (Wildman–Crippen LogP) is 1.52. The number of methoxy groups -OCH3 is 1. The first kappa shape index (κ1) is 20.6. The van der Waals surface area contributed by atoms with Crippen LogP contribution in [0.15, 0.2) is 64.3 Å². The molecule has 0 aliphatic heterocycles. The van der Waals surface area contributed by atoms with E-state index in [2.05, 4.69) is 15.0 Å². The van der Waals surface area contributed by atoms with Crippen molar-refractivity contribution < 1.29 is 17.9 Å². The third-order valence-electron chi connectivity index (χ3n) is 4.27. The molecule has 1 aromatic heterocycles. The first-order chi connectivity index (χ1) is 13.9. The van der Waals surface area contributed by atoms with E-state index in [1.807, 2.05) is 24.3 Å². The van der Waals surface area contributed by atoms with E-state index in [0.29, 0.717) is 23.2 Å². The minimum absolute atomic E-state index is 0.00407. The molecule has 1 heterocycles. The lowest BCUT2D eigenvalue weighted by molar-refractivity contribution is -0.121. The minimum atomic E-state index is -3.77. The number of carbonyl (C=O) groups is 1. The van der Waals surface area contributed by atoms with Crippen LogP contribution < -0.4 is 20.3 Å². The van der Waals surface area contributed by atoms with Crippen LogP contribution in [0.5, 0.6) is 5.75 Å². The lowest BCUT2D eigenvalue weighted by atomic mass is 10.2. The van der Waals surface area contributed by atoms with Crippen molar-refractivity contribution in [2.45, 2.75) is 17.9 Å². The molecule has 3 rings (SSSR count). The third kappa shape index (κ3) is 5.43. The van der Waals surface area contributed by atoms with Crippen LogP contribution in [0.4, 0.5) is 0 Å². The summed E-state index contributed by atoms with van der Waals surface area (Å²) in [6, 6.07) is 14.6. The zero-order valence-corrected chi connectivity index (χ0v) is 16.6. The van der Waals surface area contributed by atoms with Gasteiger partial charge in [-0.3, -0.25) is 9.59 Å². The van der Waals surface area contributed by atoms with Gasteiger partial charge in [-0.25, -0.2) is 13.1 Å². The molecule has 1 amide bonds. The van der Waals surface area contributed by atoms with Gasteiger partial charge in [0.25, 0.3) is 0 Å². The Bertz CT molecular complexity index is 1190. The van der Waals surface area contributed by atoms with Crippen molar-refractivity contribution in [1.29, 1.82) is 0 Å². The van der Waals surface area contributed by atoms with E-state index in [0.717, 1.165) is 5.56 Å². The maximum absolute atomic E-state index is 12.4. The van der Waals surface area contributed by atoms with Crippen molar-refractivity contribution in [3.8, 4) is 5.75 Å². The van der Waals surface area contributed by atoms with Crippen molar-refractivity contribution >= 4 is 26.8 Å². The highest BCUT2D eigenvalue weighted by molar-refractivity contribution is 7.89. The summed E-state index contributed by atoms with van der Waals surface area (Å²) in [6.07, 6.45) is 0.00407. The standard InChI is InChI=1S/C20H21N3O5S/c1-28-16-4-2-3-14(11-16)13-21-19(24)9-10-22-29(26,27)17-6-7-18-15(12-17)5-8-20(25)23-18/h2-8,11-12,22H,9-10,13H2,1H3,(H,21,24)(H,23,25). The number of amides is 1. The Kier molecular flexibility index (Phi) is 6.30. The van der Waals surface area contributed by atoms with Crippen LogP contribution in [0.1, 0.15) is 12.0 Å². The molecule has 8 nitrogen and oxygen atoms in total. The van der Waals surface area contributed by atoms with Crippen LogP contribution in [0.3, 0.4) is 0 Å². The van der Waals surface area contributed by atoms with Crippen LogP contribution in [-0.4, -0.2) is 33.0 Å². The molecular formula is C20H21N3O5S. The number of rotatable bonds is 8. The molecule has 0 saturated heterocycles. The molecule has 0 bridgehead atoms. The quantitative estimate of drug-likeness (QED) is 0.516. The molecule has 0 spiro atoms. The molecular weight excluding hydrogens is 394 g/mol. The highest BCUT2D eigenvalue weighted by Crippen LogP contribution is 2.16. The van der Waals surface area contributed by atoms with Crippen LogP contribution in [0.2, 0.25) is 0 Å². The summed E-state index contributed by atoms with van der Waals surface area (Å²) in [4.78, 5) is 26.0. The van der Waals surface area contributed by atoms with E-state index in [9.17, 15) is 18.0 Å². The molecule has 3 N–H and O–H groups in total. The maximum Gasteiger partial charge on any atom is 0.248 e. The zero-order valence-electron chi connectivity index (χ0n) is 15.8. The number of pyridine rings is 1. The van der Waals surface area contributed by atoms with E-state index >= 15 is 0 Å². The first-order valence-corrected chi connectivity index (χ1v) is 10.4. The van der Waals surface area contributed by atoms with Crippen molar-refractivity contribution in [3.63, 3.8) is 0 Å². The molecule has 0 aliphatic rings. The van der Waals surface area contributed by atoms with Gasteiger partial charge in [-0.2, -0.15) is 0 Å². The van der Waals surface area contributed by atoms with Gasteiger partial charge >= 0.3 is 0 Å². The van der Waals surface area contributed by atoms with Crippen molar-refractivity contribution in [2.75, 3.05) is 13.7 Å². The molecule has 0 saturated carbocycles. The van der Waals surface area contributed by atoms with Crippen LogP contribution in [-0.2, 0) is 21.4 Å². The van der Waals surface area contributed by atoms with E-state index in [4.69, 9.17) is 4.74 Å². The Morgan fingerprint density at radius 1 is 1.10 bits per heavy atom. The SMILES string of the molecule is COc1cccc(CNC(=O)CCNS(=O)(=O)c2ccc3[nH]c(=O)ccc3c2)c1. The van der Waals surface area contributed by atoms with E-state index < -0.39 is 10.0 Å². The Morgan fingerprint density at radius 2 is 1.93 bits per heavy atom. The summed E-state index contributed by atoms with van der Waals surface area (Å²) >= 11 is 0. The Morgan fingerprint density at radius 3 is 2.72 bits per heavy atom. The first-order valence-electron chi connectivity index (χ1n) is 8.90. The summed E-state index contributed by atoms with van der Waals surface area (Å²) in [7, 11) is -2.20. The Labute approximate surface area is 168 Å². The van der Waals surface area contributed by atoms with Gasteiger partial charge in [-0.05, 0) is 47.3 Å². The van der Waals surface area contributed by atoms with Gasteiger partial charge in [0.1, 0.15) is 5.75 Å². The average molecular weight is 415 g/mol. The Balaban J connectivity index is 1.54. The number of fused-ring (bicyclic) bond motifs is 1. The molecule has 3 aromatic rings. The van der Waals surface area contributed by atoms with Crippen LogP contribution in [0.25, 0.3) is 10.9 Å². The second-order valence-corrected chi connectivity index (χ2v) is 8.11. The van der Waals surface area contributed by atoms with E-state index in [1.54, 1.807) is 13.2 Å². The van der Waals surface area contributed by atoms with Gasteiger partial charge in [0.2, 0.25) is 21.5 Å². The summed E-state index contributed by atoms with van der Waals surface area (Å²) in [5.41, 5.74) is 1.17. The monoisotopic (exact) mass is 415 g/mol. The fourth-order valence-corrected chi connectivity index (χ4v) is 3.82. The number of aromatic nitrogens is 1. The molecule has 152 valence electrons. The highest BCUT2D eigenvalue weighted by Gasteiger charge is 2.15. The predicted molar refractivity (Wildman–Crippen MR) is 109 cm³/mol. The fourth-order valence-electron chi connectivity index (χ4n) is 2.75. The normalized spacial score (nSPS) is 11.3. The van der Waals surface area contributed by atoms with Gasteiger partial charge in [-0.15, -0.1) is 0 Å². The third-order valence-corrected chi connectivity index (χ3v) is 5.73. The zero-order chi connectivity index (χ0) is 20.9. The smallest absolute Gasteiger partial charge is 0.248 e. The second-order valence-electron chi connectivity index (χ2n) is 6.35. The van der Waals surface area contributed by atoms with Gasteiger partial charge < -0.3 is 15.0 Å². The van der Waals surface area contributed by atoms with Crippen LogP contribution in [0, 0.1) is 0 Å². The summed E-state index contributed by atoms with van der Waals surface area (Å²) in [5, 5.41) is 3.34. The summed E-state index contributed by atoms with van der Waals surface area (Å²) in [6.45, 7) is 0.293. The number of benzene rings is 2. The van der Waals surface area contributed by atoms with Crippen molar-refractivity contribution in [1.82, 2.24) is 15.0 Å². The fraction of sp³-hybridized carbons (Fsp3) is 0.200. The largest absolute Gasteiger partial charge is 0.497 e. The molecule has 0 unspecified atom stereocenters. The molecule has 0 fully saturated rings. The molecule has 0 radical (unpaired) electrons. The number of aromatic amines is 1. The molecule has 9 heteroatoms. The van der Waals surface area contributed by atoms with Crippen LogP contribution >= 0.6 is 0 Å². The minimum Gasteiger partial charge on any atom is -0.497 e. The van der Waals surface area contributed by atoms with Gasteiger partial charge in [0.15, 0.2) is 0 Å². The molecule has 0 atom stereocenters. The average Bonchev–Trinajstić information content (AvgIpc) is 2.71. The number of ether oxygens (including phenoxy) is 1. The van der Waals surface area contributed by atoms with Gasteiger partial charge in [-0.1, -0.05) is 12.1 Å². The number of H-pyrrole nitrogens is 1. The topological polar surface area (TPSA) is 117 Å². The summed E-state index contributed by atoms with van der Waals surface area (Å²) < 4.78 is 32.4. The molecule has 29 heavy (non-hydrogen) atoms. The number of nitrogens with one attached hydrogen (secondary N) is 3. The summed E-state index contributed by atoms with van der Waals surface area (Å²) in [5.74, 6) is 0.426. The maximum atomic E-state index is 12.4. The van der Waals surface area contributed by atoms with Crippen molar-refractivity contribution in [3.05, 3.63) is 70.5 Å². The van der Waals surface area contributed by atoms with Gasteiger partial charge in [0.05, 0.1) is 12.0 Å². The Hall–Kier alpha value is -3.17. The van der Waals surface area contributed by atoms with E-state index in [1.165, 1.54) is 24.3 Å². The number of hydrogen-bond donors (Lipinski definition) is 3. The van der Waals surface area contributed by atoms with E-state index in [-0.39, 0.29) is 29.3 Å². The molecule has 2 aromatic carbocycles. The number of sulfonamides is 1. The highest BCUT2D eigenvalue weighted by atomic mass is 32.2. The molecule has 0 aliphatic carbocycles. The van der Waals surface area contributed by atoms with Crippen molar-refractivity contribution in [2.24, 2.45) is 0 Å². The number of carbonyl (C=O) groups excluding carboxylic acids is 1. The lowest BCUT2D eigenvalue weighted by Crippen LogP contribution is -2.30. The second kappa shape index (κ2) is 8.89.